The van der Waals surface area contributed by atoms with Gasteiger partial charge in [-0.3, -0.25) is 4.99 Å². The van der Waals surface area contributed by atoms with Crippen LogP contribution in [0.5, 0.6) is 0 Å². The van der Waals surface area contributed by atoms with Crippen molar-refractivity contribution < 1.29 is 4.42 Å². The Morgan fingerprint density at radius 2 is 1.96 bits per heavy atom. The standard InChI is InChI=1S/C20H30N4OS/c1-6-21-19(23-14-20(3,4)26-5)22-12-11-17-13-25-18(24-17)16-9-7-15(2)8-10-16/h7-10,13H,6,11-12,14H2,1-5H3,(H2,21,22,23). The largest absolute Gasteiger partial charge is 0.444 e. The van der Waals surface area contributed by atoms with Gasteiger partial charge in [-0.05, 0) is 46.1 Å². The van der Waals surface area contributed by atoms with Crippen molar-refractivity contribution in [2.24, 2.45) is 4.99 Å². The second kappa shape index (κ2) is 9.67. The van der Waals surface area contributed by atoms with Gasteiger partial charge in [0.1, 0.15) is 6.26 Å². The summed E-state index contributed by atoms with van der Waals surface area (Å²) in [6, 6.07) is 8.20. The Bertz CT molecular complexity index is 707. The van der Waals surface area contributed by atoms with Gasteiger partial charge in [-0.15, -0.1) is 0 Å². The van der Waals surface area contributed by atoms with Crippen molar-refractivity contribution in [3.8, 4) is 11.5 Å². The molecule has 0 bridgehead atoms. The highest BCUT2D eigenvalue weighted by molar-refractivity contribution is 7.99. The zero-order chi connectivity index (χ0) is 19.0. The second-order valence-corrected chi connectivity index (χ2v) is 8.36. The number of nitrogens with one attached hydrogen (secondary N) is 2. The monoisotopic (exact) mass is 374 g/mol. The summed E-state index contributed by atoms with van der Waals surface area (Å²) in [5.74, 6) is 1.51. The van der Waals surface area contributed by atoms with E-state index in [1.807, 2.05) is 23.9 Å². The molecule has 2 aromatic rings. The van der Waals surface area contributed by atoms with Gasteiger partial charge in [0.05, 0.1) is 12.2 Å². The Morgan fingerprint density at radius 3 is 2.62 bits per heavy atom. The van der Waals surface area contributed by atoms with Gasteiger partial charge in [-0.25, -0.2) is 4.98 Å². The Hall–Kier alpha value is -1.95. The van der Waals surface area contributed by atoms with Crippen LogP contribution in [0.25, 0.3) is 11.5 Å². The zero-order valence-electron chi connectivity index (χ0n) is 16.4. The van der Waals surface area contributed by atoms with Crippen LogP contribution in [0, 0.1) is 6.92 Å². The lowest BCUT2D eigenvalue weighted by Gasteiger charge is -2.20. The zero-order valence-corrected chi connectivity index (χ0v) is 17.2. The molecule has 1 heterocycles. The Labute approximate surface area is 161 Å². The predicted octanol–water partition coefficient (Wildman–Crippen LogP) is 3.89. The molecule has 0 atom stereocenters. The van der Waals surface area contributed by atoms with E-state index in [1.54, 1.807) is 6.26 Å². The summed E-state index contributed by atoms with van der Waals surface area (Å²) in [5.41, 5.74) is 3.17. The molecule has 0 saturated carbocycles. The summed E-state index contributed by atoms with van der Waals surface area (Å²) in [4.78, 5) is 9.26. The molecular formula is C20H30N4OS. The van der Waals surface area contributed by atoms with Crippen LogP contribution in [0.15, 0.2) is 39.9 Å². The number of aryl methyl sites for hydroxylation is 1. The van der Waals surface area contributed by atoms with Crippen LogP contribution in [-0.2, 0) is 6.42 Å². The van der Waals surface area contributed by atoms with Crippen LogP contribution in [-0.4, -0.2) is 41.6 Å². The summed E-state index contributed by atoms with van der Waals surface area (Å²) in [7, 11) is 0. The van der Waals surface area contributed by atoms with Gasteiger partial charge in [-0.1, -0.05) is 17.7 Å². The van der Waals surface area contributed by atoms with Crippen molar-refractivity contribution in [1.82, 2.24) is 15.6 Å². The topological polar surface area (TPSA) is 62.5 Å². The number of oxazole rings is 1. The maximum Gasteiger partial charge on any atom is 0.226 e. The minimum atomic E-state index is 0.136. The summed E-state index contributed by atoms with van der Waals surface area (Å²) >= 11 is 1.82. The van der Waals surface area contributed by atoms with Crippen LogP contribution in [0.2, 0.25) is 0 Å². The number of nitrogens with zero attached hydrogens (tertiary/aromatic N) is 2. The van der Waals surface area contributed by atoms with Gasteiger partial charge >= 0.3 is 0 Å². The summed E-state index contributed by atoms with van der Waals surface area (Å²) < 4.78 is 5.75. The molecule has 1 aromatic carbocycles. The van der Waals surface area contributed by atoms with Crippen LogP contribution in [0.1, 0.15) is 32.0 Å². The molecule has 2 N–H and O–H groups in total. The Balaban J connectivity index is 1.89. The van der Waals surface area contributed by atoms with Crippen molar-refractivity contribution in [3.63, 3.8) is 0 Å². The molecule has 0 amide bonds. The van der Waals surface area contributed by atoms with E-state index in [2.05, 4.69) is 66.7 Å². The van der Waals surface area contributed by atoms with Gasteiger partial charge in [0.15, 0.2) is 5.96 Å². The van der Waals surface area contributed by atoms with Gasteiger partial charge in [-0.2, -0.15) is 11.8 Å². The van der Waals surface area contributed by atoms with E-state index in [1.165, 1.54) is 5.56 Å². The average Bonchev–Trinajstić information content (AvgIpc) is 3.09. The highest BCUT2D eigenvalue weighted by atomic mass is 32.2. The fourth-order valence-corrected chi connectivity index (χ4v) is 2.43. The molecule has 0 aliphatic heterocycles. The van der Waals surface area contributed by atoms with Crippen molar-refractivity contribution in [1.29, 1.82) is 0 Å². The molecule has 5 nitrogen and oxygen atoms in total. The highest BCUT2D eigenvalue weighted by Gasteiger charge is 2.15. The van der Waals surface area contributed by atoms with Crippen molar-refractivity contribution in [2.75, 3.05) is 25.9 Å². The molecule has 0 radical (unpaired) electrons. The molecule has 2 rings (SSSR count). The molecule has 0 aliphatic rings. The lowest BCUT2D eigenvalue weighted by atomic mass is 10.1. The van der Waals surface area contributed by atoms with Crippen molar-refractivity contribution >= 4 is 17.7 Å². The number of rotatable bonds is 8. The third-order valence-corrected chi connectivity index (χ3v) is 5.27. The van der Waals surface area contributed by atoms with E-state index in [9.17, 15) is 0 Å². The smallest absolute Gasteiger partial charge is 0.226 e. The molecule has 6 heteroatoms. The quantitative estimate of drug-likeness (QED) is 0.542. The Kier molecular flexibility index (Phi) is 7.57. The number of aliphatic imine (C=N–C) groups is 1. The molecule has 0 fully saturated rings. The number of benzene rings is 1. The lowest BCUT2D eigenvalue weighted by Crippen LogP contribution is -2.39. The molecule has 0 saturated heterocycles. The molecular weight excluding hydrogens is 344 g/mol. The summed E-state index contributed by atoms with van der Waals surface area (Å²) in [6.07, 6.45) is 4.63. The fraction of sp³-hybridized carbons (Fsp3) is 0.500. The molecule has 0 unspecified atom stereocenters. The SMILES string of the molecule is CCNC(=NCC(C)(C)SC)NCCc1coc(-c2ccc(C)cc2)n1. The van der Waals surface area contributed by atoms with E-state index in [0.717, 1.165) is 43.3 Å². The lowest BCUT2D eigenvalue weighted by molar-refractivity contribution is 0.572. The molecule has 1 aromatic heterocycles. The van der Waals surface area contributed by atoms with Gasteiger partial charge in [0.2, 0.25) is 5.89 Å². The first kappa shape index (κ1) is 20.4. The fourth-order valence-electron chi connectivity index (χ4n) is 2.24. The Morgan fingerprint density at radius 1 is 1.23 bits per heavy atom. The first-order valence-electron chi connectivity index (χ1n) is 9.02. The van der Waals surface area contributed by atoms with Gasteiger partial charge in [0, 0.05) is 29.8 Å². The van der Waals surface area contributed by atoms with Gasteiger partial charge in [0.25, 0.3) is 0 Å². The number of guanidine groups is 1. The average molecular weight is 375 g/mol. The van der Waals surface area contributed by atoms with E-state index < -0.39 is 0 Å². The second-order valence-electron chi connectivity index (χ2n) is 6.85. The molecule has 26 heavy (non-hydrogen) atoms. The van der Waals surface area contributed by atoms with Crippen LogP contribution >= 0.6 is 11.8 Å². The maximum absolute atomic E-state index is 5.61. The number of aromatic nitrogens is 1. The van der Waals surface area contributed by atoms with Crippen LogP contribution in [0.4, 0.5) is 0 Å². The van der Waals surface area contributed by atoms with E-state index in [-0.39, 0.29) is 4.75 Å². The normalized spacial score (nSPS) is 12.3. The summed E-state index contributed by atoms with van der Waals surface area (Å²) in [6.45, 7) is 10.9. The van der Waals surface area contributed by atoms with Crippen molar-refractivity contribution in [3.05, 3.63) is 41.8 Å². The number of thioether (sulfide) groups is 1. The third-order valence-electron chi connectivity index (χ3n) is 4.04. The van der Waals surface area contributed by atoms with Crippen LogP contribution in [0.3, 0.4) is 0 Å². The molecule has 0 aliphatic carbocycles. The minimum absolute atomic E-state index is 0.136. The predicted molar refractivity (Wildman–Crippen MR) is 112 cm³/mol. The first-order valence-corrected chi connectivity index (χ1v) is 10.2. The summed E-state index contributed by atoms with van der Waals surface area (Å²) in [5, 5.41) is 6.66. The van der Waals surface area contributed by atoms with Gasteiger partial charge < -0.3 is 15.1 Å². The molecule has 142 valence electrons. The number of hydrogen-bond acceptors (Lipinski definition) is 4. The highest BCUT2D eigenvalue weighted by Crippen LogP contribution is 2.21. The van der Waals surface area contributed by atoms with E-state index >= 15 is 0 Å². The number of hydrogen-bond donors (Lipinski definition) is 2. The minimum Gasteiger partial charge on any atom is -0.444 e. The maximum atomic E-state index is 5.61. The van der Waals surface area contributed by atoms with Crippen molar-refractivity contribution in [2.45, 2.75) is 38.9 Å². The van der Waals surface area contributed by atoms with E-state index in [0.29, 0.717) is 5.89 Å². The third kappa shape index (κ3) is 6.41. The van der Waals surface area contributed by atoms with E-state index in [4.69, 9.17) is 4.42 Å². The molecule has 0 spiro atoms. The van der Waals surface area contributed by atoms with Crippen LogP contribution < -0.4 is 10.6 Å². The first-order chi connectivity index (χ1) is 12.4.